The van der Waals surface area contributed by atoms with E-state index >= 15 is 0 Å². The summed E-state index contributed by atoms with van der Waals surface area (Å²) in [5.41, 5.74) is 1.30. The van der Waals surface area contributed by atoms with Crippen LogP contribution in [0.4, 0.5) is 5.69 Å². The van der Waals surface area contributed by atoms with Gasteiger partial charge >= 0.3 is 0 Å². The number of benzene rings is 3. The molecule has 0 aliphatic rings. The molecule has 3 aromatic carbocycles. The van der Waals surface area contributed by atoms with E-state index in [1.807, 2.05) is 42.5 Å². The Balaban J connectivity index is 1.64. The molecule has 4 rings (SSSR count). The largest absolute Gasteiger partial charge is 0.415 e. The molecule has 6 nitrogen and oxygen atoms in total. The van der Waals surface area contributed by atoms with Gasteiger partial charge in [-0.25, -0.2) is 0 Å². The van der Waals surface area contributed by atoms with Gasteiger partial charge in [0.15, 0.2) is 0 Å². The summed E-state index contributed by atoms with van der Waals surface area (Å²) >= 11 is 6.33. The smallest absolute Gasteiger partial charge is 0.270 e. The van der Waals surface area contributed by atoms with E-state index in [0.29, 0.717) is 5.56 Å². The van der Waals surface area contributed by atoms with Gasteiger partial charge in [0.05, 0.1) is 4.92 Å². The van der Waals surface area contributed by atoms with Crippen molar-refractivity contribution in [1.29, 1.82) is 0 Å². The molecule has 0 unspecified atom stereocenters. The number of nitro benzene ring substituents is 1. The molecule has 0 radical (unpaired) electrons. The fourth-order valence-corrected chi connectivity index (χ4v) is 2.90. The summed E-state index contributed by atoms with van der Waals surface area (Å²) in [5, 5.41) is 21.3. The number of halogens is 1. The molecule has 0 saturated heterocycles. The quantitative estimate of drug-likeness (QED) is 0.344. The molecule has 0 N–H and O–H groups in total. The van der Waals surface area contributed by atoms with Gasteiger partial charge in [0.2, 0.25) is 5.89 Å². The van der Waals surface area contributed by atoms with Crippen molar-refractivity contribution in [3.05, 3.63) is 88.3 Å². The lowest BCUT2D eigenvalue weighted by Gasteiger charge is -2.00. The van der Waals surface area contributed by atoms with Gasteiger partial charge in [-0.1, -0.05) is 54.1 Å². The highest BCUT2D eigenvalue weighted by Gasteiger charge is 2.14. The summed E-state index contributed by atoms with van der Waals surface area (Å²) in [6.07, 6.45) is 1.73. The van der Waals surface area contributed by atoms with E-state index in [1.54, 1.807) is 18.2 Å². The highest BCUT2D eigenvalue weighted by molar-refractivity contribution is 6.50. The Hall–Kier alpha value is -3.51. The predicted octanol–water partition coefficient (Wildman–Crippen LogP) is 5.53. The minimum atomic E-state index is -0.479. The van der Waals surface area contributed by atoms with E-state index in [-0.39, 0.29) is 22.5 Å². The average Bonchev–Trinajstić information content (AvgIpc) is 3.18. The maximum absolute atomic E-state index is 10.9. The van der Waals surface area contributed by atoms with Crippen molar-refractivity contribution >= 4 is 39.2 Å². The number of hydrogen-bond acceptors (Lipinski definition) is 5. The lowest BCUT2D eigenvalue weighted by atomic mass is 10.1. The fourth-order valence-electron chi connectivity index (χ4n) is 2.69. The van der Waals surface area contributed by atoms with E-state index in [1.165, 1.54) is 12.1 Å². The van der Waals surface area contributed by atoms with Gasteiger partial charge in [-0.05, 0) is 34.5 Å². The standard InChI is InChI=1S/C20H12ClN3O3/c21-18(11-13-8-9-14-4-1-2-5-15(14)10-13)20-23-22-19(27-20)16-6-3-7-17(12-16)24(25)26/h1-12H/b18-11-. The van der Waals surface area contributed by atoms with E-state index in [2.05, 4.69) is 10.2 Å². The number of aromatic nitrogens is 2. The first-order chi connectivity index (χ1) is 13.1. The van der Waals surface area contributed by atoms with E-state index < -0.39 is 4.92 Å². The van der Waals surface area contributed by atoms with Crippen LogP contribution in [0.1, 0.15) is 11.5 Å². The van der Waals surface area contributed by atoms with Crippen molar-refractivity contribution in [3.8, 4) is 11.5 Å². The SMILES string of the molecule is O=[N+]([O-])c1cccc(-c2nnc(/C(Cl)=C/c3ccc4ccccc4c3)o2)c1. The van der Waals surface area contributed by atoms with Crippen molar-refractivity contribution < 1.29 is 9.34 Å². The van der Waals surface area contributed by atoms with E-state index in [4.69, 9.17) is 16.0 Å². The second-order valence-electron chi connectivity index (χ2n) is 5.82. The molecule has 4 aromatic rings. The summed E-state index contributed by atoms with van der Waals surface area (Å²) < 4.78 is 5.58. The van der Waals surface area contributed by atoms with Crippen LogP contribution in [0.15, 0.2) is 71.1 Å². The van der Waals surface area contributed by atoms with Crippen molar-refractivity contribution in [2.45, 2.75) is 0 Å². The first-order valence-electron chi connectivity index (χ1n) is 8.05. The molecular formula is C20H12ClN3O3. The van der Waals surface area contributed by atoms with Gasteiger partial charge in [0, 0.05) is 17.7 Å². The van der Waals surface area contributed by atoms with Crippen molar-refractivity contribution in [2.24, 2.45) is 0 Å². The number of hydrogen-bond donors (Lipinski definition) is 0. The van der Waals surface area contributed by atoms with Crippen molar-refractivity contribution in [3.63, 3.8) is 0 Å². The zero-order chi connectivity index (χ0) is 18.8. The predicted molar refractivity (Wildman–Crippen MR) is 104 cm³/mol. The van der Waals surface area contributed by atoms with E-state index in [9.17, 15) is 10.1 Å². The van der Waals surface area contributed by atoms with Crippen molar-refractivity contribution in [1.82, 2.24) is 10.2 Å². The van der Waals surface area contributed by atoms with Gasteiger partial charge in [0.25, 0.3) is 11.6 Å². The molecule has 0 bridgehead atoms. The molecule has 0 aliphatic carbocycles. The molecule has 7 heteroatoms. The summed E-state index contributed by atoms with van der Waals surface area (Å²) in [7, 11) is 0. The van der Waals surface area contributed by atoms with Gasteiger partial charge < -0.3 is 4.42 Å². The van der Waals surface area contributed by atoms with Gasteiger partial charge in [0.1, 0.15) is 5.03 Å². The van der Waals surface area contributed by atoms with Crippen LogP contribution in [0.5, 0.6) is 0 Å². The highest BCUT2D eigenvalue weighted by Crippen LogP contribution is 2.27. The summed E-state index contributed by atoms with van der Waals surface area (Å²) in [5.74, 6) is 0.310. The second kappa shape index (κ2) is 7.01. The highest BCUT2D eigenvalue weighted by atomic mass is 35.5. The summed E-state index contributed by atoms with van der Waals surface area (Å²) in [6.45, 7) is 0. The maximum Gasteiger partial charge on any atom is 0.270 e. The molecule has 0 aliphatic heterocycles. The van der Waals surface area contributed by atoms with Crippen LogP contribution in [0, 0.1) is 10.1 Å². The molecule has 132 valence electrons. The normalized spacial score (nSPS) is 11.7. The van der Waals surface area contributed by atoms with Crippen LogP contribution in [0.25, 0.3) is 33.3 Å². The lowest BCUT2D eigenvalue weighted by molar-refractivity contribution is -0.384. The van der Waals surface area contributed by atoms with Crippen molar-refractivity contribution in [2.75, 3.05) is 0 Å². The third-order valence-electron chi connectivity index (χ3n) is 4.00. The Bertz CT molecular complexity index is 1180. The second-order valence-corrected chi connectivity index (χ2v) is 6.23. The molecule has 0 atom stereocenters. The molecule has 0 fully saturated rings. The molecule has 1 aromatic heterocycles. The number of non-ortho nitro benzene ring substituents is 1. The molecule has 27 heavy (non-hydrogen) atoms. The number of rotatable bonds is 4. The van der Waals surface area contributed by atoms with Gasteiger partial charge in [-0.3, -0.25) is 10.1 Å². The minimum absolute atomic E-state index is 0.0509. The van der Waals surface area contributed by atoms with Gasteiger partial charge in [-0.15, -0.1) is 10.2 Å². The topological polar surface area (TPSA) is 82.1 Å². The first-order valence-corrected chi connectivity index (χ1v) is 8.43. The Morgan fingerprint density at radius 3 is 2.63 bits per heavy atom. The van der Waals surface area contributed by atoms with Crippen LogP contribution >= 0.6 is 11.6 Å². The Kier molecular flexibility index (Phi) is 4.40. The van der Waals surface area contributed by atoms with Crippen LogP contribution < -0.4 is 0 Å². The third-order valence-corrected chi connectivity index (χ3v) is 4.27. The zero-order valence-corrected chi connectivity index (χ0v) is 14.6. The lowest BCUT2D eigenvalue weighted by Crippen LogP contribution is -1.88. The van der Waals surface area contributed by atoms with Crippen LogP contribution in [0.3, 0.4) is 0 Å². The third kappa shape index (κ3) is 3.56. The van der Waals surface area contributed by atoms with Crippen LogP contribution in [-0.2, 0) is 0 Å². The molecule has 1 heterocycles. The van der Waals surface area contributed by atoms with Crippen LogP contribution in [0.2, 0.25) is 0 Å². The summed E-state index contributed by atoms with van der Waals surface area (Å²) in [4.78, 5) is 10.4. The maximum atomic E-state index is 10.9. The molecule has 0 amide bonds. The monoisotopic (exact) mass is 377 g/mol. The summed E-state index contributed by atoms with van der Waals surface area (Å²) in [6, 6.07) is 20.0. The Labute approximate surface area is 158 Å². The molecule has 0 saturated carbocycles. The van der Waals surface area contributed by atoms with E-state index in [0.717, 1.165) is 16.3 Å². The number of nitro groups is 1. The number of fused-ring (bicyclic) bond motifs is 1. The number of nitrogens with zero attached hydrogens (tertiary/aromatic N) is 3. The minimum Gasteiger partial charge on any atom is -0.415 e. The van der Waals surface area contributed by atoms with Gasteiger partial charge in [-0.2, -0.15) is 0 Å². The molecular weight excluding hydrogens is 366 g/mol. The zero-order valence-electron chi connectivity index (χ0n) is 13.9. The molecule has 0 spiro atoms. The Morgan fingerprint density at radius 2 is 1.81 bits per heavy atom. The average molecular weight is 378 g/mol. The fraction of sp³-hybridized carbons (Fsp3) is 0. The Morgan fingerprint density at radius 1 is 1.00 bits per heavy atom. The van der Waals surface area contributed by atoms with Crippen LogP contribution in [-0.4, -0.2) is 15.1 Å². The first kappa shape index (κ1) is 16.9.